The fraction of sp³-hybridized carbons (Fsp3) is 0.250. The third-order valence-corrected chi connectivity index (χ3v) is 4.87. The lowest BCUT2D eigenvalue weighted by Gasteiger charge is -2.10. The van der Waals surface area contributed by atoms with Crippen molar-refractivity contribution in [2.75, 3.05) is 10.5 Å². The summed E-state index contributed by atoms with van der Waals surface area (Å²) in [7, 11) is -3.93. The van der Waals surface area contributed by atoms with Gasteiger partial charge in [-0.3, -0.25) is 9.40 Å². The second-order valence-corrected chi connectivity index (χ2v) is 6.93. The van der Waals surface area contributed by atoms with E-state index in [1.165, 1.54) is 16.9 Å². The molecule has 0 atom stereocenters. The quantitative estimate of drug-likeness (QED) is 0.857. The van der Waals surface area contributed by atoms with Crippen molar-refractivity contribution >= 4 is 37.5 Å². The molecule has 0 fully saturated rings. The number of nitrogens with zero attached hydrogens (tertiary/aromatic N) is 2. The van der Waals surface area contributed by atoms with E-state index in [9.17, 15) is 12.8 Å². The van der Waals surface area contributed by atoms with Gasteiger partial charge in [-0.05, 0) is 47.5 Å². The zero-order valence-corrected chi connectivity index (χ0v) is 13.8. The molecule has 2 rings (SSSR count). The molecule has 0 aliphatic rings. The second kappa shape index (κ2) is 5.64. The number of aryl methyl sites for hydroxylation is 2. The Morgan fingerprint density at radius 3 is 2.71 bits per heavy atom. The lowest BCUT2D eigenvalue weighted by atomic mass is 10.2. The van der Waals surface area contributed by atoms with Crippen molar-refractivity contribution < 1.29 is 12.8 Å². The molecule has 6 nitrogen and oxygen atoms in total. The number of halogens is 2. The molecule has 1 aromatic carbocycles. The molecule has 0 saturated carbocycles. The van der Waals surface area contributed by atoms with Crippen LogP contribution in [0, 0.1) is 12.7 Å². The van der Waals surface area contributed by atoms with Crippen LogP contribution in [0.5, 0.6) is 0 Å². The summed E-state index contributed by atoms with van der Waals surface area (Å²) in [5.74, 6) is -0.657. The molecule has 9 heteroatoms. The predicted octanol–water partition coefficient (Wildman–Crippen LogP) is 2.50. The lowest BCUT2D eigenvalue weighted by molar-refractivity contribution is 0.600. The maximum atomic E-state index is 13.6. The van der Waals surface area contributed by atoms with Crippen molar-refractivity contribution in [1.82, 2.24) is 9.78 Å². The smallest absolute Gasteiger partial charge is 0.267 e. The minimum atomic E-state index is -3.93. The van der Waals surface area contributed by atoms with E-state index in [4.69, 9.17) is 5.73 Å². The molecule has 0 bridgehead atoms. The minimum absolute atomic E-state index is 0.0976. The van der Waals surface area contributed by atoms with Crippen molar-refractivity contribution in [1.29, 1.82) is 0 Å². The van der Waals surface area contributed by atoms with E-state index in [0.29, 0.717) is 12.1 Å². The van der Waals surface area contributed by atoms with Crippen molar-refractivity contribution in [3.63, 3.8) is 0 Å². The highest BCUT2D eigenvalue weighted by atomic mass is 79.9. The average molecular weight is 377 g/mol. The highest BCUT2D eigenvalue weighted by molar-refractivity contribution is 9.10. The fourth-order valence-electron chi connectivity index (χ4n) is 1.74. The van der Waals surface area contributed by atoms with Crippen LogP contribution in [0.2, 0.25) is 0 Å². The number of sulfonamides is 1. The highest BCUT2D eigenvalue weighted by Crippen LogP contribution is 2.27. The molecule has 1 heterocycles. The average Bonchev–Trinajstić information content (AvgIpc) is 2.78. The highest BCUT2D eigenvalue weighted by Gasteiger charge is 2.22. The Labute approximate surface area is 130 Å². The molecule has 0 spiro atoms. The maximum Gasteiger partial charge on any atom is 0.267 e. The van der Waals surface area contributed by atoms with Crippen LogP contribution in [0.1, 0.15) is 12.5 Å². The molecule has 0 saturated heterocycles. The van der Waals surface area contributed by atoms with Crippen LogP contribution in [0.15, 0.2) is 27.7 Å². The van der Waals surface area contributed by atoms with Crippen LogP contribution < -0.4 is 10.5 Å². The van der Waals surface area contributed by atoms with E-state index in [1.807, 2.05) is 6.92 Å². The molecule has 114 valence electrons. The first-order valence-electron chi connectivity index (χ1n) is 6.06. The molecule has 0 aliphatic carbocycles. The van der Waals surface area contributed by atoms with Gasteiger partial charge in [0, 0.05) is 12.7 Å². The van der Waals surface area contributed by atoms with Gasteiger partial charge in [0.2, 0.25) is 0 Å². The van der Waals surface area contributed by atoms with Gasteiger partial charge in [-0.1, -0.05) is 0 Å². The third kappa shape index (κ3) is 3.18. The molecule has 21 heavy (non-hydrogen) atoms. The summed E-state index contributed by atoms with van der Waals surface area (Å²) in [5.41, 5.74) is 6.35. The first kappa shape index (κ1) is 15.8. The minimum Gasteiger partial charge on any atom is -0.381 e. The van der Waals surface area contributed by atoms with Gasteiger partial charge in [0.15, 0.2) is 5.82 Å². The number of hydrogen-bond acceptors (Lipinski definition) is 4. The SMILES string of the molecule is CCn1cc(S(=O)(=O)Nc2cc(F)c(Br)cc2C)c(N)n1. The van der Waals surface area contributed by atoms with Crippen molar-refractivity contribution in [2.45, 2.75) is 25.3 Å². The predicted molar refractivity (Wildman–Crippen MR) is 82.0 cm³/mol. The number of anilines is 2. The van der Waals surface area contributed by atoms with E-state index in [-0.39, 0.29) is 20.9 Å². The Balaban J connectivity index is 2.42. The Morgan fingerprint density at radius 1 is 1.48 bits per heavy atom. The normalized spacial score (nSPS) is 11.6. The van der Waals surface area contributed by atoms with E-state index >= 15 is 0 Å². The molecule has 2 aromatic rings. The zero-order chi connectivity index (χ0) is 15.8. The van der Waals surface area contributed by atoms with Crippen LogP contribution in [-0.4, -0.2) is 18.2 Å². The number of hydrogen-bond donors (Lipinski definition) is 2. The van der Waals surface area contributed by atoms with Gasteiger partial charge >= 0.3 is 0 Å². The van der Waals surface area contributed by atoms with Crippen LogP contribution in [0.25, 0.3) is 0 Å². The van der Waals surface area contributed by atoms with Gasteiger partial charge in [0.05, 0.1) is 10.2 Å². The molecule has 1 aromatic heterocycles. The molecular formula is C12H14BrFN4O2S. The van der Waals surface area contributed by atoms with Crippen molar-refractivity contribution in [3.8, 4) is 0 Å². The summed E-state index contributed by atoms with van der Waals surface area (Å²) >= 11 is 3.04. The summed E-state index contributed by atoms with van der Waals surface area (Å²) in [4.78, 5) is -0.132. The second-order valence-electron chi connectivity index (χ2n) is 4.42. The fourth-order valence-corrected chi connectivity index (χ4v) is 3.40. The lowest BCUT2D eigenvalue weighted by Crippen LogP contribution is -2.15. The first-order valence-corrected chi connectivity index (χ1v) is 8.33. The van der Waals surface area contributed by atoms with Crippen LogP contribution in [0.3, 0.4) is 0 Å². The number of rotatable bonds is 4. The Morgan fingerprint density at radius 2 is 2.14 bits per heavy atom. The van der Waals surface area contributed by atoms with Crippen molar-refractivity contribution in [3.05, 3.63) is 34.2 Å². The van der Waals surface area contributed by atoms with Crippen LogP contribution in [-0.2, 0) is 16.6 Å². The maximum absolute atomic E-state index is 13.6. The van der Waals surface area contributed by atoms with Gasteiger partial charge in [-0.25, -0.2) is 12.8 Å². The summed E-state index contributed by atoms with van der Waals surface area (Å²) in [6, 6.07) is 2.60. The van der Waals surface area contributed by atoms with E-state index in [0.717, 1.165) is 6.07 Å². The van der Waals surface area contributed by atoms with Crippen LogP contribution >= 0.6 is 15.9 Å². The standard InChI is InChI=1S/C12H14BrFN4O2S/c1-3-18-6-11(12(15)16-18)21(19,20)17-10-5-9(14)8(13)4-7(10)2/h4-6,17H,3H2,1-2H3,(H2,15,16). The van der Waals surface area contributed by atoms with E-state index in [2.05, 4.69) is 25.8 Å². The summed E-state index contributed by atoms with van der Waals surface area (Å²) in [6.07, 6.45) is 1.34. The van der Waals surface area contributed by atoms with Gasteiger partial charge in [-0.15, -0.1) is 0 Å². The van der Waals surface area contributed by atoms with E-state index < -0.39 is 15.8 Å². The number of nitrogens with two attached hydrogens (primary N) is 1. The molecule has 3 N–H and O–H groups in total. The molecule has 0 unspecified atom stereocenters. The molecule has 0 amide bonds. The molecular weight excluding hydrogens is 363 g/mol. The van der Waals surface area contributed by atoms with Crippen LogP contribution in [0.4, 0.5) is 15.9 Å². The zero-order valence-electron chi connectivity index (χ0n) is 11.4. The number of nitrogen functional groups attached to an aromatic ring is 1. The number of benzene rings is 1. The van der Waals surface area contributed by atoms with Gasteiger partial charge < -0.3 is 5.73 Å². The Hall–Kier alpha value is -1.61. The topological polar surface area (TPSA) is 90.0 Å². The van der Waals surface area contributed by atoms with Crippen molar-refractivity contribution in [2.24, 2.45) is 0 Å². The largest absolute Gasteiger partial charge is 0.381 e. The third-order valence-electron chi connectivity index (χ3n) is 2.88. The number of nitrogens with one attached hydrogen (secondary N) is 1. The summed E-state index contributed by atoms with van der Waals surface area (Å²) < 4.78 is 42.2. The van der Waals surface area contributed by atoms with Gasteiger partial charge in [0.1, 0.15) is 10.7 Å². The summed E-state index contributed by atoms with van der Waals surface area (Å²) in [6.45, 7) is 3.97. The monoisotopic (exact) mass is 376 g/mol. The van der Waals surface area contributed by atoms with Gasteiger partial charge in [-0.2, -0.15) is 5.10 Å². The van der Waals surface area contributed by atoms with E-state index in [1.54, 1.807) is 6.92 Å². The van der Waals surface area contributed by atoms with Gasteiger partial charge in [0.25, 0.3) is 10.0 Å². The summed E-state index contributed by atoms with van der Waals surface area (Å²) in [5, 5.41) is 3.88. The Kier molecular flexibility index (Phi) is 4.24. The molecule has 0 radical (unpaired) electrons. The first-order chi connectivity index (χ1) is 9.74. The number of aromatic nitrogens is 2. The molecule has 0 aliphatic heterocycles. The Bertz CT molecular complexity index is 789.